The predicted octanol–water partition coefficient (Wildman–Crippen LogP) is 4.72. The first-order valence-electron chi connectivity index (χ1n) is 12.2. The lowest BCUT2D eigenvalue weighted by atomic mass is 9.97. The highest BCUT2D eigenvalue weighted by molar-refractivity contribution is 6.00. The summed E-state index contributed by atoms with van der Waals surface area (Å²) in [5.74, 6) is -3.53. The van der Waals surface area contributed by atoms with Crippen LogP contribution in [-0.2, 0) is 13.1 Å². The van der Waals surface area contributed by atoms with Crippen molar-refractivity contribution < 1.29 is 22.7 Å². The standard InChI is InChI=1S/C28H29F3N4O2/c1-17-12-19(18-4-5-21(32-14-18)16-34-10-8-33(2)9-11-34)13-20-15-35(28(36)24(17)20)27(31)22-6-7-23(37-3)26(30)25(22)29/h4-7,12-14,27H,8-11,15-16H2,1-3H3. The molecule has 0 radical (unpaired) electrons. The Morgan fingerprint density at radius 2 is 1.78 bits per heavy atom. The number of aromatic nitrogens is 1. The van der Waals surface area contributed by atoms with Gasteiger partial charge >= 0.3 is 0 Å². The van der Waals surface area contributed by atoms with Gasteiger partial charge in [0.25, 0.3) is 5.91 Å². The van der Waals surface area contributed by atoms with Crippen molar-refractivity contribution in [2.24, 2.45) is 0 Å². The van der Waals surface area contributed by atoms with E-state index in [1.54, 1.807) is 6.92 Å². The van der Waals surface area contributed by atoms with E-state index in [4.69, 9.17) is 4.74 Å². The number of aryl methyl sites for hydroxylation is 1. The Labute approximate surface area is 214 Å². The number of carbonyl (C=O) groups is 1. The Morgan fingerprint density at radius 3 is 2.46 bits per heavy atom. The number of nitrogens with zero attached hydrogens (tertiary/aromatic N) is 4. The molecule has 1 saturated heterocycles. The molecule has 9 heteroatoms. The molecule has 2 aliphatic heterocycles. The molecular weight excluding hydrogens is 481 g/mol. The zero-order valence-corrected chi connectivity index (χ0v) is 21.1. The fraction of sp³-hybridized carbons (Fsp3) is 0.357. The Hall–Kier alpha value is -3.43. The topological polar surface area (TPSA) is 48.9 Å². The van der Waals surface area contributed by atoms with Crippen LogP contribution in [-0.4, -0.2) is 65.9 Å². The zero-order chi connectivity index (χ0) is 26.3. The maximum atomic E-state index is 15.4. The molecule has 1 unspecified atom stereocenters. The van der Waals surface area contributed by atoms with Crippen molar-refractivity contribution in [3.63, 3.8) is 0 Å². The van der Waals surface area contributed by atoms with E-state index < -0.39 is 29.4 Å². The quantitative estimate of drug-likeness (QED) is 0.450. The number of halogens is 3. The van der Waals surface area contributed by atoms with E-state index in [1.807, 2.05) is 30.5 Å². The summed E-state index contributed by atoms with van der Waals surface area (Å²) in [6.45, 7) is 6.64. The van der Waals surface area contributed by atoms with Gasteiger partial charge in [-0.05, 0) is 54.9 Å². The number of ether oxygens (including phenoxy) is 1. The number of piperazine rings is 1. The lowest BCUT2D eigenvalue weighted by Crippen LogP contribution is -2.43. The van der Waals surface area contributed by atoms with Crippen LogP contribution in [0.3, 0.4) is 0 Å². The Morgan fingerprint density at radius 1 is 1.03 bits per heavy atom. The van der Waals surface area contributed by atoms with Crippen LogP contribution in [0.4, 0.5) is 13.2 Å². The van der Waals surface area contributed by atoms with Gasteiger partial charge in [0, 0.05) is 62.2 Å². The molecule has 0 bridgehead atoms. The summed E-state index contributed by atoms with van der Waals surface area (Å²) in [5.41, 5.74) is 3.91. The molecule has 1 atom stereocenters. The summed E-state index contributed by atoms with van der Waals surface area (Å²) in [7, 11) is 3.32. The van der Waals surface area contributed by atoms with Crippen LogP contribution in [0.2, 0.25) is 0 Å². The lowest BCUT2D eigenvalue weighted by molar-refractivity contribution is 0.0469. The van der Waals surface area contributed by atoms with Crippen molar-refractivity contribution in [3.05, 3.63) is 82.2 Å². The second-order valence-electron chi connectivity index (χ2n) is 9.70. The number of carbonyl (C=O) groups excluding carboxylic acids is 1. The number of hydrogen-bond acceptors (Lipinski definition) is 5. The minimum absolute atomic E-state index is 0.0496. The lowest BCUT2D eigenvalue weighted by Gasteiger charge is -2.32. The molecule has 2 aromatic carbocycles. The fourth-order valence-electron chi connectivity index (χ4n) is 5.02. The summed E-state index contributed by atoms with van der Waals surface area (Å²) in [6, 6.07) is 9.98. The molecular formula is C28H29F3N4O2. The SMILES string of the molecule is COc1ccc(C(F)N2Cc3cc(-c4ccc(CN5CCN(C)CC5)nc4)cc(C)c3C2=O)c(F)c1F. The Kier molecular flexibility index (Phi) is 6.92. The second kappa shape index (κ2) is 10.1. The number of hydrogen-bond donors (Lipinski definition) is 0. The average Bonchev–Trinajstić information content (AvgIpc) is 3.23. The monoisotopic (exact) mass is 510 g/mol. The largest absolute Gasteiger partial charge is 0.494 e. The number of pyridine rings is 1. The number of rotatable bonds is 6. The normalized spacial score (nSPS) is 17.2. The van der Waals surface area contributed by atoms with E-state index in [-0.39, 0.29) is 12.3 Å². The molecule has 37 heavy (non-hydrogen) atoms. The highest BCUT2D eigenvalue weighted by Gasteiger charge is 2.37. The van der Waals surface area contributed by atoms with Gasteiger partial charge in [0.1, 0.15) is 0 Å². The molecule has 0 spiro atoms. The van der Waals surface area contributed by atoms with Gasteiger partial charge in [0.05, 0.1) is 12.8 Å². The third-order valence-electron chi connectivity index (χ3n) is 7.20. The van der Waals surface area contributed by atoms with Crippen LogP contribution in [0.1, 0.15) is 39.0 Å². The van der Waals surface area contributed by atoms with Crippen LogP contribution < -0.4 is 4.74 Å². The van der Waals surface area contributed by atoms with E-state index in [2.05, 4.69) is 21.8 Å². The minimum atomic E-state index is -2.14. The van der Waals surface area contributed by atoms with E-state index >= 15 is 4.39 Å². The molecule has 1 aromatic heterocycles. The van der Waals surface area contributed by atoms with Crippen molar-refractivity contribution in [3.8, 4) is 16.9 Å². The van der Waals surface area contributed by atoms with Gasteiger partial charge in [-0.15, -0.1) is 0 Å². The van der Waals surface area contributed by atoms with Crippen molar-refractivity contribution in [2.45, 2.75) is 26.3 Å². The van der Waals surface area contributed by atoms with E-state index in [0.717, 1.165) is 66.6 Å². The van der Waals surface area contributed by atoms with E-state index in [9.17, 15) is 13.6 Å². The van der Waals surface area contributed by atoms with Gasteiger partial charge in [-0.1, -0.05) is 12.1 Å². The highest BCUT2D eigenvalue weighted by Crippen LogP contribution is 2.38. The fourth-order valence-corrected chi connectivity index (χ4v) is 5.02. The first kappa shape index (κ1) is 25.2. The van der Waals surface area contributed by atoms with Crippen LogP contribution in [0.5, 0.6) is 5.75 Å². The molecule has 3 heterocycles. The molecule has 1 fully saturated rings. The first-order valence-corrected chi connectivity index (χ1v) is 12.2. The molecule has 2 aliphatic rings. The number of fused-ring (bicyclic) bond motifs is 1. The molecule has 0 N–H and O–H groups in total. The van der Waals surface area contributed by atoms with Crippen LogP contribution >= 0.6 is 0 Å². The van der Waals surface area contributed by atoms with Gasteiger partial charge in [0.2, 0.25) is 12.1 Å². The molecule has 0 aliphatic carbocycles. The minimum Gasteiger partial charge on any atom is -0.494 e. The van der Waals surface area contributed by atoms with Crippen LogP contribution in [0, 0.1) is 18.6 Å². The Balaban J connectivity index is 1.35. The molecule has 5 rings (SSSR count). The van der Waals surface area contributed by atoms with Gasteiger partial charge in [0.15, 0.2) is 11.6 Å². The van der Waals surface area contributed by atoms with Gasteiger partial charge in [-0.2, -0.15) is 4.39 Å². The second-order valence-corrected chi connectivity index (χ2v) is 9.70. The molecule has 0 saturated carbocycles. The summed E-state index contributed by atoms with van der Waals surface area (Å²) >= 11 is 0. The molecule has 6 nitrogen and oxygen atoms in total. The third-order valence-corrected chi connectivity index (χ3v) is 7.20. The van der Waals surface area contributed by atoms with Gasteiger partial charge < -0.3 is 14.5 Å². The van der Waals surface area contributed by atoms with Crippen LogP contribution in [0.15, 0.2) is 42.6 Å². The number of amides is 1. The summed E-state index contributed by atoms with van der Waals surface area (Å²) < 4.78 is 48.8. The van der Waals surface area contributed by atoms with Crippen molar-refractivity contribution >= 4 is 5.91 Å². The summed E-state index contributed by atoms with van der Waals surface area (Å²) in [6.07, 6.45) is -0.326. The number of alkyl halides is 1. The third kappa shape index (κ3) is 4.81. The Bertz CT molecular complexity index is 1320. The van der Waals surface area contributed by atoms with E-state index in [1.165, 1.54) is 7.11 Å². The predicted molar refractivity (Wildman–Crippen MR) is 134 cm³/mol. The number of benzene rings is 2. The molecule has 1 amide bonds. The summed E-state index contributed by atoms with van der Waals surface area (Å²) in [4.78, 5) is 23.3. The number of likely N-dealkylation sites (N-methyl/N-ethyl adjacent to an activating group) is 1. The average molecular weight is 511 g/mol. The highest BCUT2D eigenvalue weighted by atomic mass is 19.2. The number of methoxy groups -OCH3 is 1. The van der Waals surface area contributed by atoms with Crippen molar-refractivity contribution in [2.75, 3.05) is 40.3 Å². The van der Waals surface area contributed by atoms with Crippen molar-refractivity contribution in [1.82, 2.24) is 19.7 Å². The maximum absolute atomic E-state index is 15.4. The summed E-state index contributed by atoms with van der Waals surface area (Å²) in [5, 5.41) is 0. The zero-order valence-electron chi connectivity index (χ0n) is 21.1. The molecule has 194 valence electrons. The maximum Gasteiger partial charge on any atom is 0.257 e. The molecule has 3 aromatic rings. The van der Waals surface area contributed by atoms with Gasteiger partial charge in [-0.25, -0.2) is 8.78 Å². The van der Waals surface area contributed by atoms with Gasteiger partial charge in [-0.3, -0.25) is 14.7 Å². The first-order chi connectivity index (χ1) is 17.8. The van der Waals surface area contributed by atoms with E-state index in [0.29, 0.717) is 16.7 Å². The van der Waals surface area contributed by atoms with Crippen LogP contribution in [0.25, 0.3) is 11.1 Å². The van der Waals surface area contributed by atoms with Crippen molar-refractivity contribution in [1.29, 1.82) is 0 Å². The smallest absolute Gasteiger partial charge is 0.257 e.